The molecule has 0 spiro atoms. The van der Waals surface area contributed by atoms with E-state index in [1.54, 1.807) is 6.20 Å². The molecule has 0 saturated carbocycles. The van der Waals surface area contributed by atoms with Crippen molar-refractivity contribution in [1.82, 2.24) is 15.0 Å². The van der Waals surface area contributed by atoms with Gasteiger partial charge in [-0.1, -0.05) is 35.8 Å². The molecule has 1 aromatic carbocycles. The number of pyridine rings is 1. The van der Waals surface area contributed by atoms with Gasteiger partial charge < -0.3 is 15.8 Å². The molecule has 0 aliphatic carbocycles. The third kappa shape index (κ3) is 3.99. The van der Waals surface area contributed by atoms with Gasteiger partial charge in [-0.15, -0.1) is 0 Å². The van der Waals surface area contributed by atoms with E-state index in [0.717, 1.165) is 28.3 Å². The first kappa shape index (κ1) is 17.4. The van der Waals surface area contributed by atoms with Crippen LogP contribution < -0.4 is 15.8 Å². The zero-order chi connectivity index (χ0) is 17.8. The third-order valence-corrected chi connectivity index (χ3v) is 4.44. The maximum atomic E-state index is 6.18. The van der Waals surface area contributed by atoms with E-state index in [1.165, 1.54) is 6.33 Å². The quantitative estimate of drug-likeness (QED) is 0.626. The Balaban J connectivity index is 1.88. The largest absolute Gasteiger partial charge is 0.435 e. The maximum absolute atomic E-state index is 6.18. The van der Waals surface area contributed by atoms with Crippen LogP contribution in [0.15, 0.2) is 41.3 Å². The highest BCUT2D eigenvalue weighted by atomic mass is 79.9. The molecule has 0 fully saturated rings. The monoisotopic (exact) mass is 401 g/mol. The Kier molecular flexibility index (Phi) is 5.33. The Hall–Kier alpha value is -2.41. The van der Waals surface area contributed by atoms with E-state index in [1.807, 2.05) is 24.3 Å². The van der Waals surface area contributed by atoms with E-state index < -0.39 is 0 Å². The van der Waals surface area contributed by atoms with Crippen molar-refractivity contribution in [3.63, 3.8) is 0 Å². The van der Waals surface area contributed by atoms with Crippen molar-refractivity contribution in [3.8, 4) is 11.6 Å². The Bertz CT molecular complexity index is 884. The molecule has 0 bridgehead atoms. The van der Waals surface area contributed by atoms with Gasteiger partial charge in [0.25, 0.3) is 0 Å². The van der Waals surface area contributed by atoms with Crippen molar-refractivity contribution in [2.75, 3.05) is 17.6 Å². The molecule has 0 atom stereocenters. The molecule has 130 valence electrons. The molecule has 0 amide bonds. The summed E-state index contributed by atoms with van der Waals surface area (Å²) in [5.74, 6) is 2.10. The van der Waals surface area contributed by atoms with Crippen LogP contribution in [-0.2, 0) is 0 Å². The van der Waals surface area contributed by atoms with Crippen LogP contribution in [0.2, 0.25) is 0 Å². The van der Waals surface area contributed by atoms with E-state index in [9.17, 15) is 0 Å². The Labute approximate surface area is 155 Å². The van der Waals surface area contributed by atoms with Crippen LogP contribution in [0.5, 0.6) is 11.6 Å². The second kappa shape index (κ2) is 7.65. The summed E-state index contributed by atoms with van der Waals surface area (Å²) in [6.07, 6.45) is 4.20. The number of aromatic nitrogens is 3. The Morgan fingerprint density at radius 1 is 1.20 bits per heavy atom. The van der Waals surface area contributed by atoms with E-state index in [-0.39, 0.29) is 0 Å². The number of rotatable bonds is 6. The molecule has 2 heterocycles. The first-order valence-corrected chi connectivity index (χ1v) is 8.91. The van der Waals surface area contributed by atoms with Gasteiger partial charge in [0.1, 0.15) is 17.5 Å². The highest BCUT2D eigenvalue weighted by Crippen LogP contribution is 2.35. The van der Waals surface area contributed by atoms with Crippen molar-refractivity contribution in [2.45, 2.75) is 20.3 Å². The molecular weight excluding hydrogens is 382 g/mol. The summed E-state index contributed by atoms with van der Waals surface area (Å²) in [4.78, 5) is 12.8. The molecule has 3 N–H and O–H groups in total. The number of nitrogens with two attached hydrogens (primary N) is 1. The van der Waals surface area contributed by atoms with Crippen molar-refractivity contribution >= 4 is 38.3 Å². The number of fused-ring (bicyclic) bond motifs is 1. The molecule has 0 unspecified atom stereocenters. The fraction of sp³-hybridized carbons (Fsp3) is 0.278. The number of ether oxygens (including phenoxy) is 1. The Morgan fingerprint density at radius 3 is 2.84 bits per heavy atom. The number of hydrogen-bond acceptors (Lipinski definition) is 6. The summed E-state index contributed by atoms with van der Waals surface area (Å²) in [7, 11) is 0. The molecule has 0 radical (unpaired) electrons. The molecule has 2 aromatic heterocycles. The first-order chi connectivity index (χ1) is 12.1. The molecule has 0 aliphatic rings. The normalized spacial score (nSPS) is 11.0. The van der Waals surface area contributed by atoms with Gasteiger partial charge in [-0.2, -0.15) is 4.98 Å². The fourth-order valence-electron chi connectivity index (χ4n) is 2.38. The molecule has 0 saturated heterocycles. The zero-order valence-electron chi connectivity index (χ0n) is 14.2. The topological polar surface area (TPSA) is 86.0 Å². The lowest BCUT2D eigenvalue weighted by molar-refractivity contribution is 0.468. The zero-order valence-corrected chi connectivity index (χ0v) is 15.7. The predicted molar refractivity (Wildman–Crippen MR) is 104 cm³/mol. The van der Waals surface area contributed by atoms with Crippen LogP contribution in [0.1, 0.15) is 20.3 Å². The van der Waals surface area contributed by atoms with Crippen molar-refractivity contribution in [2.24, 2.45) is 5.92 Å². The van der Waals surface area contributed by atoms with Crippen LogP contribution in [0.4, 0.5) is 11.5 Å². The summed E-state index contributed by atoms with van der Waals surface area (Å²) in [6, 6.07) is 7.61. The Morgan fingerprint density at radius 2 is 2.04 bits per heavy atom. The first-order valence-electron chi connectivity index (χ1n) is 8.11. The van der Waals surface area contributed by atoms with Crippen molar-refractivity contribution in [3.05, 3.63) is 41.3 Å². The van der Waals surface area contributed by atoms with Gasteiger partial charge >= 0.3 is 0 Å². The molecular formula is C18H20BrN5O. The summed E-state index contributed by atoms with van der Waals surface area (Å²) in [6.45, 7) is 5.14. The number of halogens is 1. The van der Waals surface area contributed by atoms with Gasteiger partial charge in [0.05, 0.1) is 0 Å². The van der Waals surface area contributed by atoms with Crippen molar-refractivity contribution in [1.29, 1.82) is 0 Å². The summed E-state index contributed by atoms with van der Waals surface area (Å²) < 4.78 is 6.90. The number of nitrogens with one attached hydrogen (secondary N) is 1. The SMILES string of the molecule is CC(C)CCNc1ncnc(Oc2ccc(Br)c3cccnc23)c1N. The van der Waals surface area contributed by atoms with E-state index in [4.69, 9.17) is 10.5 Å². The van der Waals surface area contributed by atoms with E-state index >= 15 is 0 Å². The molecule has 7 heteroatoms. The molecule has 25 heavy (non-hydrogen) atoms. The summed E-state index contributed by atoms with van der Waals surface area (Å²) in [5, 5.41) is 4.20. The average Bonchev–Trinajstić information content (AvgIpc) is 2.60. The van der Waals surface area contributed by atoms with E-state index in [2.05, 4.69) is 50.0 Å². The predicted octanol–water partition coefficient (Wildman–Crippen LogP) is 4.62. The number of benzene rings is 1. The highest BCUT2D eigenvalue weighted by molar-refractivity contribution is 9.10. The van der Waals surface area contributed by atoms with Crippen LogP contribution in [-0.4, -0.2) is 21.5 Å². The van der Waals surface area contributed by atoms with Crippen LogP contribution in [0.3, 0.4) is 0 Å². The molecule has 0 aliphatic heterocycles. The minimum absolute atomic E-state index is 0.316. The van der Waals surface area contributed by atoms with Gasteiger partial charge in [0.15, 0.2) is 11.6 Å². The van der Waals surface area contributed by atoms with E-state index in [0.29, 0.717) is 29.1 Å². The van der Waals surface area contributed by atoms with Gasteiger partial charge in [-0.05, 0) is 30.5 Å². The summed E-state index contributed by atoms with van der Waals surface area (Å²) in [5.41, 5.74) is 7.31. The minimum Gasteiger partial charge on any atom is -0.435 e. The lowest BCUT2D eigenvalue weighted by atomic mass is 10.1. The van der Waals surface area contributed by atoms with Gasteiger partial charge in [0.2, 0.25) is 5.88 Å². The average molecular weight is 402 g/mol. The maximum Gasteiger partial charge on any atom is 0.248 e. The lowest BCUT2D eigenvalue weighted by Crippen LogP contribution is -2.09. The number of anilines is 2. The molecule has 3 rings (SSSR count). The fourth-order valence-corrected chi connectivity index (χ4v) is 2.83. The van der Waals surface area contributed by atoms with Crippen LogP contribution in [0, 0.1) is 5.92 Å². The number of hydrogen-bond donors (Lipinski definition) is 2. The number of nitrogen functional groups attached to an aromatic ring is 1. The lowest BCUT2D eigenvalue weighted by Gasteiger charge is -2.13. The molecule has 3 aromatic rings. The smallest absolute Gasteiger partial charge is 0.248 e. The van der Waals surface area contributed by atoms with Gasteiger partial charge in [-0.3, -0.25) is 4.98 Å². The minimum atomic E-state index is 0.316. The summed E-state index contributed by atoms with van der Waals surface area (Å²) >= 11 is 3.53. The van der Waals surface area contributed by atoms with Crippen LogP contribution in [0.25, 0.3) is 10.9 Å². The molecule has 6 nitrogen and oxygen atoms in total. The standard InChI is InChI=1S/C18H20BrN5O/c1-11(2)7-9-22-17-15(20)18(24-10-23-17)25-14-6-5-13(19)12-4-3-8-21-16(12)14/h3-6,8,10-11H,7,9,20H2,1-2H3,(H,22,23,24). The van der Waals surface area contributed by atoms with Crippen molar-refractivity contribution < 1.29 is 4.74 Å². The van der Waals surface area contributed by atoms with Gasteiger partial charge in [-0.25, -0.2) is 4.98 Å². The number of nitrogens with zero attached hydrogens (tertiary/aromatic N) is 3. The second-order valence-corrected chi connectivity index (χ2v) is 6.95. The third-order valence-electron chi connectivity index (χ3n) is 3.75. The highest BCUT2D eigenvalue weighted by Gasteiger charge is 2.13. The van der Waals surface area contributed by atoms with Crippen LogP contribution >= 0.6 is 15.9 Å². The second-order valence-electron chi connectivity index (χ2n) is 6.10. The van der Waals surface area contributed by atoms with Gasteiger partial charge in [0, 0.05) is 22.6 Å².